The highest BCUT2D eigenvalue weighted by Gasteiger charge is 2.18. The first kappa shape index (κ1) is 14.4. The molecule has 104 valence electrons. The van der Waals surface area contributed by atoms with E-state index < -0.39 is 11.9 Å². The molecule has 7 heteroatoms. The lowest BCUT2D eigenvalue weighted by Gasteiger charge is -2.10. The number of rotatable bonds is 3. The molecule has 0 fully saturated rings. The van der Waals surface area contributed by atoms with Crippen LogP contribution in [-0.4, -0.2) is 21.6 Å². The molecule has 0 bridgehead atoms. The molecule has 2 N–H and O–H groups in total. The Morgan fingerprint density at radius 1 is 1.30 bits per heavy atom. The van der Waals surface area contributed by atoms with Gasteiger partial charge in [0.05, 0.1) is 21.3 Å². The number of carboxylic acid groups (broad SMARTS) is 1. The molecule has 1 amide bonds. The highest BCUT2D eigenvalue weighted by Crippen LogP contribution is 2.27. The number of aromatic nitrogens is 1. The molecule has 1 heterocycles. The van der Waals surface area contributed by atoms with Gasteiger partial charge in [0, 0.05) is 13.2 Å². The van der Waals surface area contributed by atoms with Crippen LogP contribution in [0.15, 0.2) is 30.5 Å². The van der Waals surface area contributed by atoms with Crippen LogP contribution in [-0.2, 0) is 7.05 Å². The Bertz CT molecular complexity index is 695. The number of hydrogen-bond donors (Lipinski definition) is 2. The summed E-state index contributed by atoms with van der Waals surface area (Å²) in [6.07, 6.45) is 1.57. The molecule has 2 aromatic rings. The highest BCUT2D eigenvalue weighted by atomic mass is 35.5. The Balaban J connectivity index is 2.37. The van der Waals surface area contributed by atoms with Gasteiger partial charge >= 0.3 is 5.97 Å². The lowest BCUT2D eigenvalue weighted by molar-refractivity contribution is 0.0698. The van der Waals surface area contributed by atoms with E-state index in [2.05, 4.69) is 5.32 Å². The summed E-state index contributed by atoms with van der Waals surface area (Å²) in [4.78, 5) is 23.3. The maximum atomic E-state index is 12.1. The van der Waals surface area contributed by atoms with E-state index in [1.165, 1.54) is 28.8 Å². The second-order valence-electron chi connectivity index (χ2n) is 4.08. The van der Waals surface area contributed by atoms with E-state index in [9.17, 15) is 9.59 Å². The zero-order valence-electron chi connectivity index (χ0n) is 10.4. The van der Waals surface area contributed by atoms with Gasteiger partial charge in [0.25, 0.3) is 5.91 Å². The third-order valence-corrected chi connectivity index (χ3v) is 3.21. The third-order valence-electron chi connectivity index (χ3n) is 2.69. The normalized spacial score (nSPS) is 10.3. The molecule has 0 radical (unpaired) electrons. The van der Waals surface area contributed by atoms with Crippen molar-refractivity contribution in [2.45, 2.75) is 0 Å². The van der Waals surface area contributed by atoms with E-state index in [0.29, 0.717) is 10.7 Å². The predicted molar refractivity (Wildman–Crippen MR) is 76.8 cm³/mol. The molecular formula is C13H10Cl2N2O3. The first-order valence-electron chi connectivity index (χ1n) is 5.55. The fraction of sp³-hybridized carbons (Fsp3) is 0.0769. The zero-order valence-corrected chi connectivity index (χ0v) is 11.9. The van der Waals surface area contributed by atoms with Crippen molar-refractivity contribution in [2.24, 2.45) is 7.05 Å². The first-order valence-corrected chi connectivity index (χ1v) is 6.30. The number of benzene rings is 1. The molecule has 0 atom stereocenters. The van der Waals surface area contributed by atoms with Gasteiger partial charge in [-0.3, -0.25) is 4.79 Å². The molecule has 0 saturated carbocycles. The highest BCUT2D eigenvalue weighted by molar-refractivity contribution is 6.35. The van der Waals surface area contributed by atoms with E-state index in [1.807, 2.05) is 0 Å². The van der Waals surface area contributed by atoms with Crippen LogP contribution in [0.3, 0.4) is 0 Å². The van der Waals surface area contributed by atoms with E-state index in [1.54, 1.807) is 13.2 Å². The van der Waals surface area contributed by atoms with Gasteiger partial charge in [-0.2, -0.15) is 0 Å². The van der Waals surface area contributed by atoms with Gasteiger partial charge in [0.2, 0.25) is 0 Å². The number of carboxylic acids is 1. The molecule has 1 aromatic heterocycles. The Morgan fingerprint density at radius 2 is 2.00 bits per heavy atom. The number of aryl methyl sites for hydroxylation is 1. The fourth-order valence-corrected chi connectivity index (χ4v) is 2.23. The minimum atomic E-state index is -1.17. The predicted octanol–water partition coefficient (Wildman–Crippen LogP) is 3.28. The van der Waals surface area contributed by atoms with Crippen LogP contribution in [0.1, 0.15) is 20.8 Å². The standard InChI is InChI=1S/C13H10Cl2N2O3/c1-17-6-7(14)5-10(17)12(18)16-11-8(13(19)20)3-2-4-9(11)15/h2-6H,1H3,(H,16,18)(H,19,20). The number of carbonyl (C=O) groups is 2. The minimum absolute atomic E-state index is 0.0592. The number of aromatic carboxylic acids is 1. The molecule has 0 aliphatic heterocycles. The van der Waals surface area contributed by atoms with Gasteiger partial charge in [0.15, 0.2) is 0 Å². The second kappa shape index (κ2) is 5.56. The average Bonchev–Trinajstić information content (AvgIpc) is 2.70. The molecule has 20 heavy (non-hydrogen) atoms. The molecular weight excluding hydrogens is 303 g/mol. The summed E-state index contributed by atoms with van der Waals surface area (Å²) in [6.45, 7) is 0. The van der Waals surface area contributed by atoms with Crippen molar-refractivity contribution in [3.8, 4) is 0 Å². The maximum Gasteiger partial charge on any atom is 0.337 e. The van der Waals surface area contributed by atoms with Gasteiger partial charge in [-0.25, -0.2) is 4.79 Å². The average molecular weight is 313 g/mol. The maximum absolute atomic E-state index is 12.1. The van der Waals surface area contributed by atoms with Crippen LogP contribution in [0.4, 0.5) is 5.69 Å². The molecule has 5 nitrogen and oxygen atoms in total. The molecule has 0 unspecified atom stereocenters. The molecule has 0 aliphatic carbocycles. The van der Waals surface area contributed by atoms with Gasteiger partial charge in [0.1, 0.15) is 5.69 Å². The van der Waals surface area contributed by atoms with Crippen molar-refractivity contribution >= 4 is 40.8 Å². The largest absolute Gasteiger partial charge is 0.478 e. The van der Waals surface area contributed by atoms with E-state index in [4.69, 9.17) is 28.3 Å². The SMILES string of the molecule is Cn1cc(Cl)cc1C(=O)Nc1c(Cl)cccc1C(=O)O. The van der Waals surface area contributed by atoms with E-state index in [0.717, 1.165) is 0 Å². The number of nitrogens with zero attached hydrogens (tertiary/aromatic N) is 1. The van der Waals surface area contributed by atoms with Crippen molar-refractivity contribution in [1.82, 2.24) is 4.57 Å². The lowest BCUT2D eigenvalue weighted by atomic mass is 10.1. The molecule has 0 saturated heterocycles. The third kappa shape index (κ3) is 2.79. The molecule has 1 aromatic carbocycles. The smallest absolute Gasteiger partial charge is 0.337 e. The topological polar surface area (TPSA) is 71.3 Å². The summed E-state index contributed by atoms with van der Waals surface area (Å²) >= 11 is 11.7. The van der Waals surface area contributed by atoms with Crippen LogP contribution in [0.25, 0.3) is 0 Å². The summed E-state index contributed by atoms with van der Waals surface area (Å²) in [5.74, 6) is -1.66. The van der Waals surface area contributed by atoms with Gasteiger partial charge in [-0.05, 0) is 18.2 Å². The number of halogens is 2. The Labute approximate surface area is 124 Å². The van der Waals surface area contributed by atoms with Crippen LogP contribution in [0.2, 0.25) is 10.0 Å². The molecule has 2 rings (SSSR count). The Kier molecular flexibility index (Phi) is 4.01. The zero-order chi connectivity index (χ0) is 14.9. The van der Waals surface area contributed by atoms with Crippen LogP contribution in [0.5, 0.6) is 0 Å². The van der Waals surface area contributed by atoms with E-state index in [-0.39, 0.29) is 16.3 Å². The van der Waals surface area contributed by atoms with Crippen molar-refractivity contribution in [3.05, 3.63) is 51.8 Å². The number of nitrogens with one attached hydrogen (secondary N) is 1. The summed E-state index contributed by atoms with van der Waals surface area (Å²) in [5.41, 5.74) is 0.279. The Morgan fingerprint density at radius 3 is 2.55 bits per heavy atom. The van der Waals surface area contributed by atoms with Gasteiger partial charge in [-0.15, -0.1) is 0 Å². The number of carbonyl (C=O) groups excluding carboxylic acids is 1. The van der Waals surface area contributed by atoms with Crippen molar-refractivity contribution in [1.29, 1.82) is 0 Å². The molecule has 0 spiro atoms. The van der Waals surface area contributed by atoms with E-state index >= 15 is 0 Å². The number of amides is 1. The fourth-order valence-electron chi connectivity index (χ4n) is 1.76. The van der Waals surface area contributed by atoms with Crippen LogP contribution >= 0.6 is 23.2 Å². The van der Waals surface area contributed by atoms with Crippen molar-refractivity contribution < 1.29 is 14.7 Å². The van der Waals surface area contributed by atoms with Gasteiger partial charge < -0.3 is 15.0 Å². The van der Waals surface area contributed by atoms with Crippen molar-refractivity contribution in [2.75, 3.05) is 5.32 Å². The van der Waals surface area contributed by atoms with Crippen molar-refractivity contribution in [3.63, 3.8) is 0 Å². The minimum Gasteiger partial charge on any atom is -0.478 e. The second-order valence-corrected chi connectivity index (χ2v) is 4.92. The van der Waals surface area contributed by atoms with Gasteiger partial charge in [-0.1, -0.05) is 29.3 Å². The summed E-state index contributed by atoms with van der Waals surface area (Å²) in [5, 5.41) is 12.2. The number of anilines is 1. The van der Waals surface area contributed by atoms with Crippen LogP contribution in [0, 0.1) is 0 Å². The number of para-hydroxylation sites is 1. The summed E-state index contributed by atoms with van der Waals surface area (Å²) in [6, 6.07) is 5.85. The summed E-state index contributed by atoms with van der Waals surface area (Å²) < 4.78 is 1.54. The molecule has 0 aliphatic rings. The monoisotopic (exact) mass is 312 g/mol. The summed E-state index contributed by atoms with van der Waals surface area (Å²) in [7, 11) is 1.66. The lowest BCUT2D eigenvalue weighted by Crippen LogP contribution is -2.17. The quantitative estimate of drug-likeness (QED) is 0.913. The van der Waals surface area contributed by atoms with Crippen LogP contribution < -0.4 is 5.32 Å². The first-order chi connectivity index (χ1) is 9.40. The number of hydrogen-bond acceptors (Lipinski definition) is 2. The Hall–Kier alpha value is -1.98.